The molecule has 5 aromatic rings. The van der Waals surface area contributed by atoms with Gasteiger partial charge in [-0.25, -0.2) is 9.59 Å². The van der Waals surface area contributed by atoms with Gasteiger partial charge < -0.3 is 13.6 Å². The van der Waals surface area contributed by atoms with Crippen LogP contribution in [0, 0.1) is 0 Å². The van der Waals surface area contributed by atoms with E-state index in [0.717, 1.165) is 16.5 Å². The minimum Gasteiger partial charge on any atom is -0.478 e. The molecule has 168 valence electrons. The summed E-state index contributed by atoms with van der Waals surface area (Å²) in [6, 6.07) is 21.7. The Morgan fingerprint density at radius 3 is 2.56 bits per heavy atom. The number of hydrogen-bond donors (Lipinski definition) is 0. The van der Waals surface area contributed by atoms with Gasteiger partial charge in [0.25, 0.3) is 0 Å². The molecule has 0 saturated carbocycles. The Morgan fingerprint density at radius 1 is 0.882 bits per heavy atom. The average molecular weight is 472 g/mol. The fraction of sp³-hybridized carbons (Fsp3) is 0.111. The Morgan fingerprint density at radius 2 is 1.71 bits per heavy atom. The molecule has 3 aromatic carbocycles. The molecule has 1 aliphatic rings. The van der Waals surface area contributed by atoms with Crippen LogP contribution in [0.1, 0.15) is 11.1 Å². The van der Waals surface area contributed by atoms with E-state index in [-0.39, 0.29) is 0 Å². The number of halogens is 1. The molecular formula is C27H18ClNO5. The summed E-state index contributed by atoms with van der Waals surface area (Å²) in [5.74, 6) is 0.658. The molecule has 0 amide bonds. The van der Waals surface area contributed by atoms with Crippen LogP contribution in [0.4, 0.5) is 0 Å². The van der Waals surface area contributed by atoms with E-state index in [1.54, 1.807) is 18.2 Å². The van der Waals surface area contributed by atoms with E-state index >= 15 is 0 Å². The first kappa shape index (κ1) is 20.7. The van der Waals surface area contributed by atoms with E-state index in [9.17, 15) is 9.59 Å². The highest BCUT2D eigenvalue weighted by molar-refractivity contribution is 6.30. The van der Waals surface area contributed by atoms with Crippen molar-refractivity contribution in [2.75, 3.05) is 6.73 Å². The lowest BCUT2D eigenvalue weighted by Crippen LogP contribution is -2.31. The second-order valence-electron chi connectivity index (χ2n) is 8.27. The van der Waals surface area contributed by atoms with Crippen molar-refractivity contribution in [1.82, 2.24) is 4.90 Å². The Balaban J connectivity index is 1.46. The van der Waals surface area contributed by atoms with Crippen LogP contribution in [0.15, 0.2) is 91.2 Å². The molecule has 0 aliphatic carbocycles. The average Bonchev–Trinajstić information content (AvgIpc) is 2.84. The molecule has 0 atom stereocenters. The monoisotopic (exact) mass is 471 g/mol. The lowest BCUT2D eigenvalue weighted by Gasteiger charge is -2.29. The summed E-state index contributed by atoms with van der Waals surface area (Å²) >= 11 is 6.00. The predicted molar refractivity (Wildman–Crippen MR) is 130 cm³/mol. The molecule has 1 aliphatic heterocycles. The predicted octanol–water partition coefficient (Wildman–Crippen LogP) is 5.57. The molecule has 6 rings (SSSR count). The molecule has 0 unspecified atom stereocenters. The molecule has 0 fully saturated rings. The molecule has 2 aromatic heterocycles. The fourth-order valence-corrected chi connectivity index (χ4v) is 4.53. The maximum atomic E-state index is 12.8. The van der Waals surface area contributed by atoms with E-state index in [0.29, 0.717) is 58.3 Å². The minimum absolute atomic E-state index is 0.311. The number of hydrogen-bond acceptors (Lipinski definition) is 6. The molecule has 0 saturated heterocycles. The van der Waals surface area contributed by atoms with Gasteiger partial charge in [0.05, 0.1) is 11.1 Å². The van der Waals surface area contributed by atoms with Gasteiger partial charge in [-0.1, -0.05) is 41.9 Å². The van der Waals surface area contributed by atoms with Crippen LogP contribution in [0.3, 0.4) is 0 Å². The first-order chi connectivity index (χ1) is 16.5. The Hall–Kier alpha value is -3.87. The third-order valence-corrected chi connectivity index (χ3v) is 6.26. The quantitative estimate of drug-likeness (QED) is 0.320. The van der Waals surface area contributed by atoms with Gasteiger partial charge in [0, 0.05) is 40.5 Å². The standard InChI is InChI=1S/C27H18ClNO5/c28-18-7-5-16(6-8-18)13-29-14-22-24(32-15-29)10-9-19-20(12-25(30)34-26(19)22)21-11-17-3-1-2-4-23(17)33-27(21)31/h1-12H,13-15H2. The lowest BCUT2D eigenvalue weighted by atomic mass is 9.99. The number of rotatable bonds is 3. The smallest absolute Gasteiger partial charge is 0.344 e. The molecule has 3 heterocycles. The van der Waals surface area contributed by atoms with Gasteiger partial charge in [-0.15, -0.1) is 0 Å². The highest BCUT2D eigenvalue weighted by atomic mass is 35.5. The number of ether oxygens (including phenoxy) is 1. The highest BCUT2D eigenvalue weighted by Crippen LogP contribution is 2.36. The van der Waals surface area contributed by atoms with Gasteiger partial charge in [-0.2, -0.15) is 0 Å². The van der Waals surface area contributed by atoms with Crippen LogP contribution in [0.5, 0.6) is 5.75 Å². The normalized spacial score (nSPS) is 13.7. The summed E-state index contributed by atoms with van der Waals surface area (Å²) in [4.78, 5) is 27.5. The van der Waals surface area contributed by atoms with Gasteiger partial charge >= 0.3 is 11.3 Å². The molecular weight excluding hydrogens is 454 g/mol. The number of nitrogens with zero attached hydrogens (tertiary/aromatic N) is 1. The lowest BCUT2D eigenvalue weighted by molar-refractivity contribution is 0.0890. The topological polar surface area (TPSA) is 72.9 Å². The van der Waals surface area contributed by atoms with Crippen molar-refractivity contribution in [3.63, 3.8) is 0 Å². The van der Waals surface area contributed by atoms with Crippen molar-refractivity contribution in [3.8, 4) is 16.9 Å². The Labute approximate surface area is 198 Å². The van der Waals surface area contributed by atoms with E-state index in [2.05, 4.69) is 4.90 Å². The van der Waals surface area contributed by atoms with Crippen molar-refractivity contribution in [2.45, 2.75) is 13.1 Å². The highest BCUT2D eigenvalue weighted by Gasteiger charge is 2.24. The Bertz CT molecular complexity index is 1670. The van der Waals surface area contributed by atoms with Crippen molar-refractivity contribution < 1.29 is 13.6 Å². The fourth-order valence-electron chi connectivity index (χ4n) is 4.40. The van der Waals surface area contributed by atoms with Crippen LogP contribution >= 0.6 is 11.6 Å². The van der Waals surface area contributed by atoms with Crippen molar-refractivity contribution in [2.24, 2.45) is 0 Å². The summed E-state index contributed by atoms with van der Waals surface area (Å²) in [5, 5.41) is 2.11. The van der Waals surface area contributed by atoms with E-state index < -0.39 is 11.3 Å². The van der Waals surface area contributed by atoms with Gasteiger partial charge in [0.2, 0.25) is 0 Å². The summed E-state index contributed by atoms with van der Waals surface area (Å²) in [5.41, 5.74) is 2.49. The van der Waals surface area contributed by atoms with Crippen LogP contribution in [-0.2, 0) is 13.1 Å². The van der Waals surface area contributed by atoms with Gasteiger partial charge in [-0.3, -0.25) is 4.90 Å². The third kappa shape index (κ3) is 3.67. The maximum Gasteiger partial charge on any atom is 0.344 e. The summed E-state index contributed by atoms with van der Waals surface area (Å²) in [6.07, 6.45) is 0. The largest absolute Gasteiger partial charge is 0.478 e. The summed E-state index contributed by atoms with van der Waals surface area (Å²) in [6.45, 7) is 1.57. The second-order valence-corrected chi connectivity index (χ2v) is 8.71. The molecule has 0 N–H and O–H groups in total. The molecule has 6 nitrogen and oxygen atoms in total. The summed E-state index contributed by atoms with van der Waals surface area (Å²) < 4.78 is 17.1. The zero-order valence-electron chi connectivity index (χ0n) is 17.9. The minimum atomic E-state index is -0.543. The first-order valence-electron chi connectivity index (χ1n) is 10.8. The zero-order chi connectivity index (χ0) is 23.2. The molecule has 0 radical (unpaired) electrons. The number of benzene rings is 3. The second kappa shape index (κ2) is 8.17. The van der Waals surface area contributed by atoms with Gasteiger partial charge in [0.1, 0.15) is 23.6 Å². The number of fused-ring (bicyclic) bond motifs is 4. The SMILES string of the molecule is O=c1cc(-c2cc3ccccc3oc2=O)c2ccc3c(c2o1)CN(Cc1ccc(Cl)cc1)CO3. The van der Waals surface area contributed by atoms with E-state index in [1.807, 2.05) is 48.5 Å². The van der Waals surface area contributed by atoms with E-state index in [4.69, 9.17) is 25.2 Å². The maximum absolute atomic E-state index is 12.8. The first-order valence-corrected chi connectivity index (χ1v) is 11.2. The molecule has 0 spiro atoms. The number of para-hydroxylation sites is 1. The van der Waals surface area contributed by atoms with Crippen molar-refractivity contribution >= 4 is 33.5 Å². The summed E-state index contributed by atoms with van der Waals surface area (Å²) in [7, 11) is 0. The van der Waals surface area contributed by atoms with E-state index in [1.165, 1.54) is 6.07 Å². The molecule has 34 heavy (non-hydrogen) atoms. The van der Waals surface area contributed by atoms with Gasteiger partial charge in [0.15, 0.2) is 0 Å². The van der Waals surface area contributed by atoms with Crippen LogP contribution in [0.25, 0.3) is 33.1 Å². The van der Waals surface area contributed by atoms with Crippen molar-refractivity contribution in [3.05, 3.63) is 110 Å². The van der Waals surface area contributed by atoms with Crippen molar-refractivity contribution in [1.29, 1.82) is 0 Å². The van der Waals surface area contributed by atoms with Crippen LogP contribution in [0.2, 0.25) is 5.02 Å². The van der Waals surface area contributed by atoms with Crippen LogP contribution < -0.4 is 16.0 Å². The molecule has 0 bridgehead atoms. The van der Waals surface area contributed by atoms with Gasteiger partial charge in [-0.05, 0) is 42.0 Å². The third-order valence-electron chi connectivity index (χ3n) is 6.01. The Kier molecular flexibility index (Phi) is 4.98. The zero-order valence-corrected chi connectivity index (χ0v) is 18.7. The molecule has 7 heteroatoms. The van der Waals surface area contributed by atoms with Crippen LogP contribution in [-0.4, -0.2) is 11.6 Å².